The van der Waals surface area contributed by atoms with E-state index >= 15 is 0 Å². The Morgan fingerprint density at radius 3 is 2.43 bits per heavy atom. The lowest BCUT2D eigenvalue weighted by atomic mass is 9.90. The van der Waals surface area contributed by atoms with Crippen molar-refractivity contribution >= 4 is 10.0 Å². The number of fused-ring (bicyclic) bond motifs is 1. The lowest BCUT2D eigenvalue weighted by Crippen LogP contribution is -2.41. The molecule has 0 unspecified atom stereocenters. The maximum absolute atomic E-state index is 13.2. The average Bonchev–Trinajstić information content (AvgIpc) is 2.61. The van der Waals surface area contributed by atoms with E-state index in [0.29, 0.717) is 29.2 Å². The SMILES string of the molecule is COc1ccc2c(c1)[C@@H](NS(=O)(=O)c1cc(C)c(OC)cc1C)CC(C)(C)O2. The summed E-state index contributed by atoms with van der Waals surface area (Å²) < 4.78 is 46.0. The molecule has 0 aliphatic carbocycles. The minimum absolute atomic E-state index is 0.250. The van der Waals surface area contributed by atoms with E-state index in [2.05, 4.69) is 4.72 Å². The Morgan fingerprint density at radius 2 is 1.79 bits per heavy atom. The van der Waals surface area contributed by atoms with Gasteiger partial charge in [0.2, 0.25) is 10.0 Å². The predicted octanol–water partition coefficient (Wildman–Crippen LogP) is 3.90. The number of benzene rings is 2. The standard InChI is InChI=1S/C21H27NO5S/c1-13-10-20(14(2)9-19(13)26-6)28(23,24)22-17-12-21(3,4)27-18-8-7-15(25-5)11-16(17)18/h7-11,17,22H,12H2,1-6H3/t17-/m0/s1. The molecule has 1 N–H and O–H groups in total. The van der Waals surface area contributed by atoms with Gasteiger partial charge in [-0.15, -0.1) is 0 Å². The van der Waals surface area contributed by atoms with Gasteiger partial charge in [0, 0.05) is 12.0 Å². The topological polar surface area (TPSA) is 73.9 Å². The summed E-state index contributed by atoms with van der Waals surface area (Å²) in [6.07, 6.45) is 0.501. The molecule has 0 radical (unpaired) electrons. The van der Waals surface area contributed by atoms with Crippen LogP contribution < -0.4 is 18.9 Å². The predicted molar refractivity (Wildman–Crippen MR) is 108 cm³/mol. The van der Waals surface area contributed by atoms with E-state index in [1.807, 2.05) is 39.0 Å². The molecule has 2 aromatic rings. The largest absolute Gasteiger partial charge is 0.497 e. The molecule has 0 saturated carbocycles. The maximum atomic E-state index is 13.2. The van der Waals surface area contributed by atoms with Gasteiger partial charge in [-0.1, -0.05) is 0 Å². The number of sulfonamides is 1. The van der Waals surface area contributed by atoms with Crippen molar-refractivity contribution in [1.29, 1.82) is 0 Å². The fraction of sp³-hybridized carbons (Fsp3) is 0.429. The number of nitrogens with one attached hydrogen (secondary N) is 1. The number of hydrogen-bond acceptors (Lipinski definition) is 5. The molecular formula is C21H27NO5S. The summed E-state index contributed by atoms with van der Waals surface area (Å²) >= 11 is 0. The van der Waals surface area contributed by atoms with E-state index in [9.17, 15) is 8.42 Å². The lowest BCUT2D eigenvalue weighted by Gasteiger charge is -2.38. The fourth-order valence-corrected chi connectivity index (χ4v) is 5.11. The van der Waals surface area contributed by atoms with Crippen LogP contribution in [0.5, 0.6) is 17.2 Å². The molecule has 3 rings (SSSR count). The van der Waals surface area contributed by atoms with Crippen molar-refractivity contribution < 1.29 is 22.6 Å². The molecule has 0 bridgehead atoms. The third-order valence-electron chi connectivity index (χ3n) is 4.95. The van der Waals surface area contributed by atoms with Crippen LogP contribution in [0.2, 0.25) is 0 Å². The second-order valence-electron chi connectivity index (χ2n) is 7.73. The summed E-state index contributed by atoms with van der Waals surface area (Å²) in [7, 11) is -0.599. The average molecular weight is 406 g/mol. The van der Waals surface area contributed by atoms with Gasteiger partial charge in [-0.2, -0.15) is 0 Å². The van der Waals surface area contributed by atoms with E-state index in [1.54, 1.807) is 33.3 Å². The second-order valence-corrected chi connectivity index (χ2v) is 9.41. The van der Waals surface area contributed by atoms with Gasteiger partial charge in [-0.05, 0) is 69.2 Å². The Kier molecular flexibility index (Phi) is 5.34. The molecule has 1 aliphatic rings. The molecule has 2 aromatic carbocycles. The normalized spacial score (nSPS) is 18.1. The molecule has 0 spiro atoms. The summed E-state index contributed by atoms with van der Waals surface area (Å²) in [5.41, 5.74) is 1.67. The number of rotatable bonds is 5. The first-order valence-corrected chi connectivity index (χ1v) is 10.6. The Morgan fingerprint density at radius 1 is 1.07 bits per heavy atom. The number of hydrogen-bond donors (Lipinski definition) is 1. The van der Waals surface area contributed by atoms with Crippen LogP contribution in [0.4, 0.5) is 0 Å². The first kappa shape index (κ1) is 20.5. The van der Waals surface area contributed by atoms with Crippen LogP contribution in [0.1, 0.15) is 43.0 Å². The minimum atomic E-state index is -3.75. The van der Waals surface area contributed by atoms with Gasteiger partial charge in [-0.25, -0.2) is 13.1 Å². The van der Waals surface area contributed by atoms with Gasteiger partial charge < -0.3 is 14.2 Å². The molecule has 6 nitrogen and oxygen atoms in total. The molecule has 0 fully saturated rings. The van der Waals surface area contributed by atoms with E-state index in [4.69, 9.17) is 14.2 Å². The van der Waals surface area contributed by atoms with Gasteiger partial charge in [0.25, 0.3) is 0 Å². The lowest BCUT2D eigenvalue weighted by molar-refractivity contribution is 0.0700. The fourth-order valence-electron chi connectivity index (χ4n) is 3.59. The van der Waals surface area contributed by atoms with Crippen molar-refractivity contribution in [3.8, 4) is 17.2 Å². The van der Waals surface area contributed by atoms with Crippen LogP contribution in [-0.2, 0) is 10.0 Å². The number of aryl methyl sites for hydroxylation is 2. The van der Waals surface area contributed by atoms with Gasteiger partial charge in [0.1, 0.15) is 22.8 Å². The monoisotopic (exact) mass is 405 g/mol. The molecule has 28 heavy (non-hydrogen) atoms. The molecule has 0 aromatic heterocycles. The van der Waals surface area contributed by atoms with Crippen LogP contribution in [0, 0.1) is 13.8 Å². The highest BCUT2D eigenvalue weighted by Crippen LogP contribution is 2.42. The summed E-state index contributed by atoms with van der Waals surface area (Å²) in [5, 5.41) is 0. The first-order chi connectivity index (χ1) is 13.1. The van der Waals surface area contributed by atoms with Crippen molar-refractivity contribution in [3.63, 3.8) is 0 Å². The third-order valence-corrected chi connectivity index (χ3v) is 6.57. The maximum Gasteiger partial charge on any atom is 0.241 e. The summed E-state index contributed by atoms with van der Waals surface area (Å²) in [6.45, 7) is 7.49. The molecule has 0 amide bonds. The summed E-state index contributed by atoms with van der Waals surface area (Å²) in [5.74, 6) is 1.98. The number of methoxy groups -OCH3 is 2. The van der Waals surface area contributed by atoms with Crippen molar-refractivity contribution in [3.05, 3.63) is 47.0 Å². The highest BCUT2D eigenvalue weighted by molar-refractivity contribution is 7.89. The van der Waals surface area contributed by atoms with Crippen LogP contribution in [0.25, 0.3) is 0 Å². The van der Waals surface area contributed by atoms with Gasteiger partial charge in [0.05, 0.1) is 25.2 Å². The molecule has 1 heterocycles. The zero-order chi connectivity index (χ0) is 20.7. The molecular weight excluding hydrogens is 378 g/mol. The smallest absolute Gasteiger partial charge is 0.241 e. The minimum Gasteiger partial charge on any atom is -0.497 e. The highest BCUT2D eigenvalue weighted by Gasteiger charge is 2.36. The quantitative estimate of drug-likeness (QED) is 0.817. The molecule has 7 heteroatoms. The Labute approximate surface area is 166 Å². The van der Waals surface area contributed by atoms with E-state index in [0.717, 1.165) is 11.1 Å². The van der Waals surface area contributed by atoms with Crippen molar-refractivity contribution in [2.75, 3.05) is 14.2 Å². The van der Waals surface area contributed by atoms with E-state index < -0.39 is 21.7 Å². The Hall–Kier alpha value is -2.25. The Balaban J connectivity index is 2.02. The van der Waals surface area contributed by atoms with Crippen LogP contribution in [0.3, 0.4) is 0 Å². The van der Waals surface area contributed by atoms with Crippen LogP contribution in [-0.4, -0.2) is 28.2 Å². The zero-order valence-corrected chi connectivity index (χ0v) is 17.9. The molecule has 0 saturated heterocycles. The van der Waals surface area contributed by atoms with Gasteiger partial charge in [-0.3, -0.25) is 0 Å². The molecule has 1 atom stereocenters. The molecule has 152 valence electrons. The van der Waals surface area contributed by atoms with Crippen molar-refractivity contribution in [1.82, 2.24) is 4.72 Å². The zero-order valence-electron chi connectivity index (χ0n) is 17.1. The Bertz CT molecular complexity index is 998. The third kappa shape index (κ3) is 3.95. The first-order valence-electron chi connectivity index (χ1n) is 9.11. The van der Waals surface area contributed by atoms with Crippen molar-refractivity contribution in [2.24, 2.45) is 0 Å². The van der Waals surface area contributed by atoms with Gasteiger partial charge in [0.15, 0.2) is 0 Å². The van der Waals surface area contributed by atoms with Crippen LogP contribution >= 0.6 is 0 Å². The summed E-state index contributed by atoms with van der Waals surface area (Å²) in [6, 6.07) is 8.41. The van der Waals surface area contributed by atoms with Crippen molar-refractivity contribution in [2.45, 2.75) is 50.7 Å². The number of ether oxygens (including phenoxy) is 3. The molecule has 1 aliphatic heterocycles. The van der Waals surface area contributed by atoms with E-state index in [-0.39, 0.29) is 4.90 Å². The van der Waals surface area contributed by atoms with Crippen LogP contribution in [0.15, 0.2) is 35.2 Å². The van der Waals surface area contributed by atoms with Gasteiger partial charge >= 0.3 is 0 Å². The summed E-state index contributed by atoms with van der Waals surface area (Å²) in [4.78, 5) is 0.250. The second kappa shape index (κ2) is 7.29. The van der Waals surface area contributed by atoms with E-state index in [1.165, 1.54) is 0 Å². The highest BCUT2D eigenvalue weighted by atomic mass is 32.2.